The van der Waals surface area contributed by atoms with Crippen LogP contribution in [0.1, 0.15) is 49.0 Å². The standard InChI is InChI=1S/C15H18N4O2/c1-9(7-16)6-11-12(8-19-15(11)18)14(21)13(20)5-3-4-10(2)17/h6,8,17,19H,3-5,18H2,1-2H3/b9-6+,17-10?. The van der Waals surface area contributed by atoms with Gasteiger partial charge in [-0.25, -0.2) is 0 Å². The summed E-state index contributed by atoms with van der Waals surface area (Å²) in [5, 5.41) is 16.1. The van der Waals surface area contributed by atoms with Crippen molar-refractivity contribution in [1.82, 2.24) is 4.98 Å². The zero-order valence-corrected chi connectivity index (χ0v) is 12.1. The van der Waals surface area contributed by atoms with Crippen LogP contribution in [0.5, 0.6) is 0 Å². The first kappa shape index (κ1) is 16.4. The molecule has 21 heavy (non-hydrogen) atoms. The zero-order chi connectivity index (χ0) is 16.0. The van der Waals surface area contributed by atoms with Crippen molar-refractivity contribution in [3.8, 4) is 6.07 Å². The van der Waals surface area contributed by atoms with Crippen molar-refractivity contribution >= 4 is 29.2 Å². The van der Waals surface area contributed by atoms with Crippen LogP contribution in [0.3, 0.4) is 0 Å². The molecule has 1 rings (SSSR count). The SMILES string of the molecule is CC(=N)CCCC(=O)C(=O)c1c[nH]c(N)c1/C=C(\C)C#N. The molecule has 0 aromatic carbocycles. The van der Waals surface area contributed by atoms with E-state index < -0.39 is 11.6 Å². The molecule has 0 aliphatic heterocycles. The maximum absolute atomic E-state index is 12.1. The number of ketones is 2. The number of aromatic nitrogens is 1. The summed E-state index contributed by atoms with van der Waals surface area (Å²) in [4.78, 5) is 26.7. The molecular weight excluding hydrogens is 268 g/mol. The van der Waals surface area contributed by atoms with Crippen LogP contribution in [-0.4, -0.2) is 22.3 Å². The monoisotopic (exact) mass is 286 g/mol. The number of Topliss-reactive ketones (excluding diaryl/α,β-unsaturated/α-hetero) is 2. The number of aromatic amines is 1. The van der Waals surface area contributed by atoms with Crippen LogP contribution in [0.15, 0.2) is 11.8 Å². The van der Waals surface area contributed by atoms with Gasteiger partial charge in [-0.05, 0) is 32.8 Å². The summed E-state index contributed by atoms with van der Waals surface area (Å²) in [7, 11) is 0. The molecule has 0 aliphatic carbocycles. The summed E-state index contributed by atoms with van der Waals surface area (Å²) in [6.07, 6.45) is 3.93. The molecule has 110 valence electrons. The van der Waals surface area contributed by atoms with E-state index in [1.165, 1.54) is 12.3 Å². The van der Waals surface area contributed by atoms with E-state index >= 15 is 0 Å². The van der Waals surface area contributed by atoms with Gasteiger partial charge in [-0.3, -0.25) is 9.59 Å². The third-order valence-electron chi connectivity index (χ3n) is 2.94. The number of rotatable bonds is 7. The molecule has 0 amide bonds. The van der Waals surface area contributed by atoms with Crippen LogP contribution in [0, 0.1) is 16.7 Å². The largest absolute Gasteiger partial charge is 0.385 e. The van der Waals surface area contributed by atoms with Gasteiger partial charge < -0.3 is 16.1 Å². The maximum atomic E-state index is 12.1. The highest BCUT2D eigenvalue weighted by Crippen LogP contribution is 2.21. The van der Waals surface area contributed by atoms with E-state index in [9.17, 15) is 9.59 Å². The van der Waals surface area contributed by atoms with Crippen LogP contribution < -0.4 is 5.73 Å². The Morgan fingerprint density at radius 1 is 1.43 bits per heavy atom. The number of nitrogens with one attached hydrogen (secondary N) is 2. The van der Waals surface area contributed by atoms with Gasteiger partial charge in [0, 0.05) is 29.5 Å². The highest BCUT2D eigenvalue weighted by molar-refractivity contribution is 6.44. The minimum Gasteiger partial charge on any atom is -0.385 e. The lowest BCUT2D eigenvalue weighted by Crippen LogP contribution is -2.14. The second kappa shape index (κ2) is 7.20. The maximum Gasteiger partial charge on any atom is 0.230 e. The summed E-state index contributed by atoms with van der Waals surface area (Å²) in [6.45, 7) is 3.25. The quantitative estimate of drug-likeness (QED) is 0.308. The van der Waals surface area contributed by atoms with Crippen molar-refractivity contribution in [3.63, 3.8) is 0 Å². The first-order valence-electron chi connectivity index (χ1n) is 6.53. The fraction of sp³-hybridized carbons (Fsp3) is 0.333. The Labute approximate surface area is 123 Å². The van der Waals surface area contributed by atoms with Crippen molar-refractivity contribution in [3.05, 3.63) is 22.9 Å². The molecule has 0 aliphatic rings. The summed E-state index contributed by atoms with van der Waals surface area (Å²) in [5.41, 5.74) is 7.14. The van der Waals surface area contributed by atoms with Crippen LogP contribution in [0.25, 0.3) is 6.08 Å². The Balaban J connectivity index is 2.91. The van der Waals surface area contributed by atoms with Gasteiger partial charge in [0.2, 0.25) is 11.6 Å². The number of nitrogens with zero attached hydrogens (tertiary/aromatic N) is 1. The van der Waals surface area contributed by atoms with E-state index in [2.05, 4.69) is 4.98 Å². The van der Waals surface area contributed by atoms with Crippen molar-refractivity contribution in [2.24, 2.45) is 0 Å². The number of nitrogens with two attached hydrogens (primary N) is 1. The van der Waals surface area contributed by atoms with Gasteiger partial charge in [-0.15, -0.1) is 0 Å². The van der Waals surface area contributed by atoms with Crippen molar-refractivity contribution in [2.75, 3.05) is 5.73 Å². The Kier molecular flexibility index (Phi) is 5.61. The number of hydrogen-bond acceptors (Lipinski definition) is 5. The summed E-state index contributed by atoms with van der Waals surface area (Å²) >= 11 is 0. The molecule has 0 unspecified atom stereocenters. The average molecular weight is 286 g/mol. The molecule has 0 spiro atoms. The predicted octanol–water partition coefficient (Wildman–Crippen LogP) is 2.49. The third kappa shape index (κ3) is 4.42. The molecule has 0 atom stereocenters. The van der Waals surface area contributed by atoms with Crippen LogP contribution in [0.4, 0.5) is 5.82 Å². The minimum absolute atomic E-state index is 0.0977. The summed E-state index contributed by atoms with van der Waals surface area (Å²) < 4.78 is 0. The number of hydrogen-bond donors (Lipinski definition) is 3. The predicted molar refractivity (Wildman–Crippen MR) is 81.1 cm³/mol. The Morgan fingerprint density at radius 2 is 2.10 bits per heavy atom. The molecule has 0 saturated carbocycles. The second-order valence-electron chi connectivity index (χ2n) is 4.86. The lowest BCUT2D eigenvalue weighted by molar-refractivity contribution is -0.115. The number of carbonyl (C=O) groups excluding carboxylic acids is 2. The van der Waals surface area contributed by atoms with E-state index in [0.717, 1.165) is 0 Å². The van der Waals surface area contributed by atoms with Gasteiger partial charge >= 0.3 is 0 Å². The van der Waals surface area contributed by atoms with E-state index in [1.807, 2.05) is 6.07 Å². The third-order valence-corrected chi connectivity index (χ3v) is 2.94. The molecule has 1 aromatic rings. The van der Waals surface area contributed by atoms with Crippen LogP contribution in [0.2, 0.25) is 0 Å². The van der Waals surface area contributed by atoms with Gasteiger partial charge in [0.15, 0.2) is 0 Å². The highest BCUT2D eigenvalue weighted by Gasteiger charge is 2.21. The number of carbonyl (C=O) groups is 2. The van der Waals surface area contributed by atoms with Gasteiger partial charge in [-0.1, -0.05) is 0 Å². The van der Waals surface area contributed by atoms with Gasteiger partial charge in [0.25, 0.3) is 0 Å². The van der Waals surface area contributed by atoms with E-state index in [4.69, 9.17) is 16.4 Å². The molecule has 0 saturated heterocycles. The summed E-state index contributed by atoms with van der Waals surface area (Å²) in [5.74, 6) is -0.891. The molecule has 6 heteroatoms. The molecule has 0 bridgehead atoms. The number of nitrogen functional groups attached to an aromatic ring is 1. The molecule has 1 heterocycles. The zero-order valence-electron chi connectivity index (χ0n) is 12.1. The van der Waals surface area contributed by atoms with E-state index in [-0.39, 0.29) is 17.8 Å². The normalized spacial score (nSPS) is 11.0. The Hall–Kier alpha value is -2.68. The number of nitriles is 1. The second-order valence-corrected chi connectivity index (χ2v) is 4.86. The Morgan fingerprint density at radius 3 is 2.67 bits per heavy atom. The Bertz CT molecular complexity index is 647. The summed E-state index contributed by atoms with van der Waals surface area (Å²) in [6, 6.07) is 1.94. The topological polar surface area (TPSA) is 124 Å². The molecule has 0 fully saturated rings. The average Bonchev–Trinajstić information content (AvgIpc) is 2.78. The fourth-order valence-electron chi connectivity index (χ4n) is 1.82. The van der Waals surface area contributed by atoms with Crippen molar-refractivity contribution in [1.29, 1.82) is 10.7 Å². The highest BCUT2D eigenvalue weighted by atomic mass is 16.2. The van der Waals surface area contributed by atoms with Crippen molar-refractivity contribution < 1.29 is 9.59 Å². The lowest BCUT2D eigenvalue weighted by Gasteiger charge is -2.01. The van der Waals surface area contributed by atoms with Crippen molar-refractivity contribution in [2.45, 2.75) is 33.1 Å². The van der Waals surface area contributed by atoms with Crippen LogP contribution >= 0.6 is 0 Å². The van der Waals surface area contributed by atoms with Gasteiger partial charge in [0.1, 0.15) is 5.82 Å². The molecule has 6 nitrogen and oxygen atoms in total. The lowest BCUT2D eigenvalue weighted by atomic mass is 10.0. The van der Waals surface area contributed by atoms with Crippen LogP contribution in [-0.2, 0) is 4.79 Å². The number of H-pyrrole nitrogens is 1. The first-order chi connectivity index (χ1) is 9.86. The van der Waals surface area contributed by atoms with E-state index in [0.29, 0.717) is 29.7 Å². The van der Waals surface area contributed by atoms with Gasteiger partial charge in [-0.2, -0.15) is 5.26 Å². The minimum atomic E-state index is -0.623. The molecule has 0 radical (unpaired) electrons. The fourth-order valence-corrected chi connectivity index (χ4v) is 1.82. The molecule has 1 aromatic heterocycles. The number of anilines is 1. The first-order valence-corrected chi connectivity index (χ1v) is 6.53. The smallest absolute Gasteiger partial charge is 0.230 e. The molecular formula is C15H18N4O2. The number of allylic oxidation sites excluding steroid dienone is 1. The van der Waals surface area contributed by atoms with Gasteiger partial charge in [0.05, 0.1) is 11.6 Å². The molecule has 4 N–H and O–H groups in total. The van der Waals surface area contributed by atoms with E-state index in [1.54, 1.807) is 13.8 Å².